The summed E-state index contributed by atoms with van der Waals surface area (Å²) >= 11 is 0. The monoisotopic (exact) mass is 332 g/mol. The molecule has 6 nitrogen and oxygen atoms in total. The first-order valence-electron chi connectivity index (χ1n) is 8.50. The minimum Gasteiger partial charge on any atom is -0.374 e. The number of hydrogen-bond acceptors (Lipinski definition) is 4. The van der Waals surface area contributed by atoms with Crippen LogP contribution in [0, 0.1) is 0 Å². The van der Waals surface area contributed by atoms with Crippen molar-refractivity contribution in [2.75, 3.05) is 45.7 Å². The van der Waals surface area contributed by atoms with Crippen molar-refractivity contribution < 1.29 is 9.59 Å². The van der Waals surface area contributed by atoms with Gasteiger partial charge >= 0.3 is 11.8 Å². The average Bonchev–Trinajstić information content (AvgIpc) is 2.93. The molecule has 1 unspecified atom stereocenters. The molecule has 0 radical (unpaired) electrons. The van der Waals surface area contributed by atoms with Gasteiger partial charge in [-0.2, -0.15) is 0 Å². The Balaban J connectivity index is 2.02. The van der Waals surface area contributed by atoms with Crippen molar-refractivity contribution in [3.8, 4) is 0 Å². The summed E-state index contributed by atoms with van der Waals surface area (Å²) in [5.41, 5.74) is 3.77. The van der Waals surface area contributed by atoms with E-state index in [9.17, 15) is 9.59 Å². The van der Waals surface area contributed by atoms with Crippen LogP contribution in [-0.4, -0.2) is 57.5 Å². The highest BCUT2D eigenvalue weighted by molar-refractivity contribution is 6.35. The lowest BCUT2D eigenvalue weighted by molar-refractivity contribution is -0.139. The van der Waals surface area contributed by atoms with Crippen LogP contribution < -0.4 is 15.5 Å². The lowest BCUT2D eigenvalue weighted by Gasteiger charge is -2.26. The van der Waals surface area contributed by atoms with Crippen LogP contribution in [0.25, 0.3) is 0 Å². The fourth-order valence-corrected chi connectivity index (χ4v) is 2.98. The molecular weight excluding hydrogens is 304 g/mol. The van der Waals surface area contributed by atoms with E-state index in [0.717, 1.165) is 24.9 Å². The lowest BCUT2D eigenvalue weighted by atomic mass is 10.0. The Morgan fingerprint density at radius 3 is 2.62 bits per heavy atom. The summed E-state index contributed by atoms with van der Waals surface area (Å²) in [7, 11) is 6.06. The number of carbonyl (C=O) groups is 2. The van der Waals surface area contributed by atoms with Gasteiger partial charge in [0.2, 0.25) is 0 Å². The standard InChI is InChI=1S/C18H28N4O2/c1-5-9-19-17(23)18(24)20-12-16(21(2)3)13-6-7-15-14(11-13)8-10-22(15)4/h6-7,11,16H,5,8-10,12H2,1-4H3,(H,19,23)(H,20,24). The van der Waals surface area contributed by atoms with E-state index in [2.05, 4.69) is 45.7 Å². The predicted octanol–water partition coefficient (Wildman–Crippen LogP) is 0.924. The first kappa shape index (κ1) is 18.3. The molecule has 24 heavy (non-hydrogen) atoms. The Morgan fingerprint density at radius 1 is 1.25 bits per heavy atom. The zero-order valence-electron chi connectivity index (χ0n) is 15.1. The van der Waals surface area contributed by atoms with E-state index in [4.69, 9.17) is 0 Å². The van der Waals surface area contributed by atoms with Crippen molar-refractivity contribution in [3.05, 3.63) is 29.3 Å². The highest BCUT2D eigenvalue weighted by atomic mass is 16.2. The second kappa shape index (κ2) is 8.15. The molecule has 2 N–H and O–H groups in total. The van der Waals surface area contributed by atoms with Gasteiger partial charge in [0.15, 0.2) is 0 Å². The second-order valence-corrected chi connectivity index (χ2v) is 6.51. The number of nitrogens with one attached hydrogen (secondary N) is 2. The van der Waals surface area contributed by atoms with Crippen LogP contribution in [0.1, 0.15) is 30.5 Å². The maximum atomic E-state index is 11.9. The van der Waals surface area contributed by atoms with Gasteiger partial charge in [-0.15, -0.1) is 0 Å². The van der Waals surface area contributed by atoms with Crippen LogP contribution in [0.5, 0.6) is 0 Å². The van der Waals surface area contributed by atoms with E-state index in [1.807, 2.05) is 21.0 Å². The Bertz CT molecular complexity index is 601. The zero-order chi connectivity index (χ0) is 17.7. The molecule has 6 heteroatoms. The van der Waals surface area contributed by atoms with Crippen LogP contribution in [0.4, 0.5) is 5.69 Å². The van der Waals surface area contributed by atoms with E-state index in [1.54, 1.807) is 0 Å². The smallest absolute Gasteiger partial charge is 0.309 e. The summed E-state index contributed by atoms with van der Waals surface area (Å²) in [6.45, 7) is 3.91. The number of hydrogen-bond donors (Lipinski definition) is 2. The van der Waals surface area contributed by atoms with Gasteiger partial charge in [0.1, 0.15) is 0 Å². The van der Waals surface area contributed by atoms with Crippen molar-refractivity contribution in [3.63, 3.8) is 0 Å². The molecule has 0 aliphatic carbocycles. The third-order valence-electron chi connectivity index (χ3n) is 4.44. The number of carbonyl (C=O) groups excluding carboxylic acids is 2. The minimum atomic E-state index is -0.573. The van der Waals surface area contributed by atoms with Gasteiger partial charge in [-0.05, 0) is 44.1 Å². The third-order valence-corrected chi connectivity index (χ3v) is 4.44. The SMILES string of the molecule is CCCNC(=O)C(=O)NCC(c1ccc2c(c1)CCN2C)N(C)C. The molecule has 1 atom stereocenters. The molecule has 0 spiro atoms. The van der Waals surface area contributed by atoms with Crippen LogP contribution >= 0.6 is 0 Å². The van der Waals surface area contributed by atoms with Crippen molar-refractivity contribution in [2.24, 2.45) is 0 Å². The van der Waals surface area contributed by atoms with E-state index in [1.165, 1.54) is 11.3 Å². The molecule has 2 rings (SSSR count). The van der Waals surface area contributed by atoms with Crippen molar-refractivity contribution in [1.82, 2.24) is 15.5 Å². The fourth-order valence-electron chi connectivity index (χ4n) is 2.98. The van der Waals surface area contributed by atoms with E-state index < -0.39 is 11.8 Å². The lowest BCUT2D eigenvalue weighted by Crippen LogP contribution is -2.43. The summed E-state index contributed by atoms with van der Waals surface area (Å²) in [6, 6.07) is 6.50. The van der Waals surface area contributed by atoms with Crippen molar-refractivity contribution in [2.45, 2.75) is 25.8 Å². The Morgan fingerprint density at radius 2 is 1.96 bits per heavy atom. The quantitative estimate of drug-likeness (QED) is 0.761. The van der Waals surface area contributed by atoms with Crippen molar-refractivity contribution >= 4 is 17.5 Å². The molecule has 0 saturated carbocycles. The zero-order valence-corrected chi connectivity index (χ0v) is 15.1. The number of amides is 2. The molecule has 1 heterocycles. The van der Waals surface area contributed by atoms with Crippen LogP contribution in [0.3, 0.4) is 0 Å². The van der Waals surface area contributed by atoms with E-state index in [-0.39, 0.29) is 6.04 Å². The fraction of sp³-hybridized carbons (Fsp3) is 0.556. The highest BCUT2D eigenvalue weighted by Crippen LogP contribution is 2.30. The van der Waals surface area contributed by atoms with Crippen molar-refractivity contribution in [1.29, 1.82) is 0 Å². The third kappa shape index (κ3) is 4.26. The summed E-state index contributed by atoms with van der Waals surface area (Å²) in [5, 5.41) is 5.34. The minimum absolute atomic E-state index is 0.0316. The number of nitrogens with zero attached hydrogens (tertiary/aromatic N) is 2. The van der Waals surface area contributed by atoms with E-state index >= 15 is 0 Å². The second-order valence-electron chi connectivity index (χ2n) is 6.51. The molecule has 1 aliphatic heterocycles. The molecule has 1 aromatic carbocycles. The van der Waals surface area contributed by atoms with Gasteiger partial charge in [-0.1, -0.05) is 19.1 Å². The molecule has 132 valence electrons. The molecule has 0 saturated heterocycles. The Kier molecular flexibility index (Phi) is 6.20. The summed E-state index contributed by atoms with van der Waals surface area (Å²) in [5.74, 6) is -1.14. The number of likely N-dealkylation sites (N-methyl/N-ethyl adjacent to an activating group) is 2. The number of fused-ring (bicyclic) bond motifs is 1. The number of benzene rings is 1. The maximum Gasteiger partial charge on any atom is 0.309 e. The van der Waals surface area contributed by atoms with Gasteiger partial charge in [-0.25, -0.2) is 0 Å². The van der Waals surface area contributed by atoms with Crippen LogP contribution in [0.15, 0.2) is 18.2 Å². The largest absolute Gasteiger partial charge is 0.374 e. The maximum absolute atomic E-state index is 11.9. The summed E-state index contributed by atoms with van der Waals surface area (Å²) in [4.78, 5) is 27.9. The normalized spacial score (nSPS) is 14.5. The predicted molar refractivity (Wildman–Crippen MR) is 96.2 cm³/mol. The van der Waals surface area contributed by atoms with Gasteiger partial charge in [0, 0.05) is 32.4 Å². The van der Waals surface area contributed by atoms with Crippen LogP contribution in [0.2, 0.25) is 0 Å². The number of rotatable bonds is 6. The molecule has 0 bridgehead atoms. The molecule has 1 aromatic rings. The molecule has 0 fully saturated rings. The van der Waals surface area contributed by atoms with Gasteiger partial charge in [-0.3, -0.25) is 9.59 Å². The van der Waals surface area contributed by atoms with E-state index in [0.29, 0.717) is 13.1 Å². The molecule has 0 aromatic heterocycles. The Hall–Kier alpha value is -2.08. The van der Waals surface area contributed by atoms with Gasteiger partial charge < -0.3 is 20.4 Å². The van der Waals surface area contributed by atoms with Gasteiger partial charge in [0.25, 0.3) is 0 Å². The topological polar surface area (TPSA) is 64.7 Å². The summed E-state index contributed by atoms with van der Waals surface area (Å²) < 4.78 is 0. The Labute approximate surface area is 144 Å². The summed E-state index contributed by atoms with van der Waals surface area (Å²) in [6.07, 6.45) is 1.86. The van der Waals surface area contributed by atoms with Gasteiger partial charge in [0.05, 0.1) is 6.04 Å². The first-order chi connectivity index (χ1) is 11.4. The molecule has 2 amide bonds. The molecule has 1 aliphatic rings. The first-order valence-corrected chi connectivity index (χ1v) is 8.50. The number of anilines is 1. The molecular formula is C18H28N4O2. The van der Waals surface area contributed by atoms with Crippen LogP contribution in [-0.2, 0) is 16.0 Å². The highest BCUT2D eigenvalue weighted by Gasteiger charge is 2.21. The average molecular weight is 332 g/mol.